The van der Waals surface area contributed by atoms with Gasteiger partial charge in [0.25, 0.3) is 0 Å². The molecule has 0 atom stereocenters. The standard InChI is InChI=1S/C28H32N4O2.2C2H6.CH6N2/c1-7-25(33-27-17-11-23(29)12-18-27)15-9-21(3)22(4)10-16-26(8-2)34-28-19-13-24(14-20-28)30-31-32(5)6;2*1-2;1-3-2/h7-20H,3-4,29H2,1-2,5-6H3;2*1-2H3;3H,2H2,1H3/b15-9-,16-10-,25-7+,26-8+,31-30?;;;. The number of rotatable bonds is 11. The van der Waals surface area contributed by atoms with Crippen molar-refractivity contribution in [1.82, 2.24) is 10.4 Å². The van der Waals surface area contributed by atoms with E-state index in [2.05, 4.69) is 34.8 Å². The highest BCUT2D eigenvalue weighted by Crippen LogP contribution is 2.22. The third-order valence-corrected chi connectivity index (χ3v) is 4.41. The number of nitrogen functional groups attached to an aromatic ring is 1. The van der Waals surface area contributed by atoms with Crippen LogP contribution >= 0.6 is 0 Å². The van der Waals surface area contributed by atoms with Crippen LogP contribution in [0.15, 0.2) is 131 Å². The van der Waals surface area contributed by atoms with E-state index in [0.717, 1.165) is 16.8 Å². The fourth-order valence-electron chi connectivity index (χ4n) is 2.49. The van der Waals surface area contributed by atoms with Crippen LogP contribution in [-0.4, -0.2) is 26.2 Å². The van der Waals surface area contributed by atoms with Crippen molar-refractivity contribution in [3.05, 3.63) is 121 Å². The molecule has 2 rings (SSSR count). The monoisotopic (exact) mass is 562 g/mol. The Labute approximate surface area is 248 Å². The number of ether oxygens (including phenoxy) is 2. The van der Waals surface area contributed by atoms with E-state index in [-0.39, 0.29) is 0 Å². The first-order valence-corrected chi connectivity index (χ1v) is 13.6. The second kappa shape index (κ2) is 24.6. The molecule has 0 heterocycles. The lowest BCUT2D eigenvalue weighted by molar-refractivity contribution is 0.408. The van der Waals surface area contributed by atoms with Crippen molar-refractivity contribution >= 4 is 11.4 Å². The normalized spacial score (nSPS) is 11.1. The molecule has 8 nitrogen and oxygen atoms in total. The molecule has 2 aromatic carbocycles. The number of nitrogens with two attached hydrogens (primary N) is 2. The number of hydrogen-bond acceptors (Lipinski definition) is 7. The number of benzene rings is 2. The molecule has 0 aromatic heterocycles. The van der Waals surface area contributed by atoms with Gasteiger partial charge in [0.15, 0.2) is 0 Å². The summed E-state index contributed by atoms with van der Waals surface area (Å²) >= 11 is 0. The molecule has 41 heavy (non-hydrogen) atoms. The molecule has 224 valence electrons. The molecule has 0 fully saturated rings. The number of allylic oxidation sites excluding steroid dienone is 8. The van der Waals surface area contributed by atoms with Gasteiger partial charge in [-0.2, -0.15) is 0 Å². The maximum atomic E-state index is 5.93. The molecule has 0 aliphatic rings. The van der Waals surface area contributed by atoms with Gasteiger partial charge in [0.1, 0.15) is 23.0 Å². The largest absolute Gasteiger partial charge is 0.458 e. The summed E-state index contributed by atoms with van der Waals surface area (Å²) in [6.45, 7) is 20.0. The maximum absolute atomic E-state index is 5.93. The van der Waals surface area contributed by atoms with Crippen molar-refractivity contribution in [3.63, 3.8) is 0 Å². The van der Waals surface area contributed by atoms with Gasteiger partial charge in [-0.3, -0.25) is 16.3 Å². The molecule has 0 saturated heterocycles. The van der Waals surface area contributed by atoms with Gasteiger partial charge in [0.2, 0.25) is 0 Å². The third kappa shape index (κ3) is 18.5. The Morgan fingerprint density at radius 2 is 1.12 bits per heavy atom. The summed E-state index contributed by atoms with van der Waals surface area (Å²) in [5, 5.41) is 9.72. The fourth-order valence-corrected chi connectivity index (χ4v) is 2.49. The fraction of sp³-hybridized carbons (Fsp3) is 0.273. The van der Waals surface area contributed by atoms with Gasteiger partial charge < -0.3 is 15.2 Å². The molecule has 0 aliphatic heterocycles. The third-order valence-electron chi connectivity index (χ3n) is 4.41. The van der Waals surface area contributed by atoms with Crippen LogP contribution in [0.25, 0.3) is 0 Å². The maximum Gasteiger partial charge on any atom is 0.127 e. The Morgan fingerprint density at radius 1 is 0.756 bits per heavy atom. The summed E-state index contributed by atoms with van der Waals surface area (Å²) in [6.07, 6.45) is 11.2. The van der Waals surface area contributed by atoms with Gasteiger partial charge in [0.05, 0.1) is 5.69 Å². The molecule has 0 unspecified atom stereocenters. The Bertz CT molecular complexity index is 1140. The minimum atomic E-state index is 0.682. The van der Waals surface area contributed by atoms with Crippen molar-refractivity contribution in [2.75, 3.05) is 26.9 Å². The smallest absolute Gasteiger partial charge is 0.127 e. The Kier molecular flexibility index (Phi) is 23.3. The zero-order chi connectivity index (χ0) is 31.6. The average Bonchev–Trinajstić information content (AvgIpc) is 3.00. The van der Waals surface area contributed by atoms with Gasteiger partial charge >= 0.3 is 0 Å². The summed E-state index contributed by atoms with van der Waals surface area (Å²) in [5.74, 6) is 7.37. The first-order valence-electron chi connectivity index (χ1n) is 13.6. The molecular weight excluding hydrogens is 512 g/mol. The van der Waals surface area contributed by atoms with Crippen molar-refractivity contribution < 1.29 is 9.47 Å². The van der Waals surface area contributed by atoms with E-state index in [9.17, 15) is 0 Å². The lowest BCUT2D eigenvalue weighted by Crippen LogP contribution is -2.13. The molecule has 0 aliphatic carbocycles. The molecule has 2 aromatic rings. The van der Waals surface area contributed by atoms with Gasteiger partial charge in [0, 0.05) is 19.8 Å². The van der Waals surface area contributed by atoms with Crippen molar-refractivity contribution in [2.24, 2.45) is 16.2 Å². The number of nitrogens with one attached hydrogen (secondary N) is 1. The predicted octanol–water partition coefficient (Wildman–Crippen LogP) is 8.45. The topological polar surface area (TPSA) is 110 Å². The second-order valence-electron chi connectivity index (χ2n) is 7.69. The van der Waals surface area contributed by atoms with Crippen LogP contribution in [0, 0.1) is 0 Å². The van der Waals surface area contributed by atoms with E-state index in [1.165, 1.54) is 0 Å². The summed E-state index contributed by atoms with van der Waals surface area (Å²) < 4.78 is 11.8. The van der Waals surface area contributed by atoms with E-state index < -0.39 is 0 Å². The van der Waals surface area contributed by atoms with Gasteiger partial charge in [-0.25, -0.2) is 0 Å². The molecule has 0 radical (unpaired) electrons. The van der Waals surface area contributed by atoms with Crippen LogP contribution < -0.4 is 26.5 Å². The van der Waals surface area contributed by atoms with Crippen molar-refractivity contribution in [1.29, 1.82) is 0 Å². The van der Waals surface area contributed by atoms with E-state index >= 15 is 0 Å². The predicted molar refractivity (Wildman–Crippen MR) is 177 cm³/mol. The lowest BCUT2D eigenvalue weighted by Gasteiger charge is -2.08. The van der Waals surface area contributed by atoms with Crippen molar-refractivity contribution in [3.8, 4) is 11.5 Å². The minimum absolute atomic E-state index is 0.682. The van der Waals surface area contributed by atoms with Crippen LogP contribution in [-0.2, 0) is 0 Å². The van der Waals surface area contributed by atoms with Crippen molar-refractivity contribution in [2.45, 2.75) is 41.5 Å². The number of nitrogens with zero attached hydrogens (tertiary/aromatic N) is 3. The molecule has 5 N–H and O–H groups in total. The zero-order valence-corrected chi connectivity index (χ0v) is 26.3. The summed E-state index contributed by atoms with van der Waals surface area (Å²) in [6, 6.07) is 14.6. The highest BCUT2D eigenvalue weighted by Gasteiger charge is 2.01. The molecule has 0 saturated carbocycles. The van der Waals surface area contributed by atoms with Crippen LogP contribution in [0.4, 0.5) is 11.4 Å². The lowest BCUT2D eigenvalue weighted by atomic mass is 10.1. The van der Waals surface area contributed by atoms with Gasteiger partial charge in [-0.15, -0.1) is 5.11 Å². The van der Waals surface area contributed by atoms with E-state index in [4.69, 9.17) is 15.2 Å². The minimum Gasteiger partial charge on any atom is -0.458 e. The van der Waals surface area contributed by atoms with Gasteiger partial charge in [-0.05, 0) is 105 Å². The Morgan fingerprint density at radius 3 is 1.46 bits per heavy atom. The van der Waals surface area contributed by atoms with Gasteiger partial charge in [-0.1, -0.05) is 58.2 Å². The average molecular weight is 563 g/mol. The summed E-state index contributed by atoms with van der Waals surface area (Å²) in [7, 11) is 5.29. The van der Waals surface area contributed by atoms with Crippen LogP contribution in [0.3, 0.4) is 0 Å². The number of anilines is 1. The zero-order valence-electron chi connectivity index (χ0n) is 26.3. The molecule has 0 spiro atoms. The summed E-state index contributed by atoms with van der Waals surface area (Å²) in [5.41, 5.74) is 10.9. The molecule has 0 bridgehead atoms. The highest BCUT2D eigenvalue weighted by molar-refractivity contribution is 5.47. The molecular formula is C33H50N6O2. The SMILES string of the molecule is C=C(/C=C\C(=C/C)Oc1ccc(N)cc1)C(=C)/C=C\C(=C/C)Oc1ccc(N=NN(C)C)cc1.CC.CC.CNN. The van der Waals surface area contributed by atoms with E-state index in [0.29, 0.717) is 28.7 Å². The quantitative estimate of drug-likeness (QED) is 0.0633. The first kappa shape index (κ1) is 38.7. The van der Waals surface area contributed by atoms with E-state index in [1.54, 1.807) is 24.2 Å². The number of hydrogen-bond donors (Lipinski definition) is 3. The second-order valence-corrected chi connectivity index (χ2v) is 7.69. The first-order chi connectivity index (χ1) is 19.7. The van der Waals surface area contributed by atoms with Crippen LogP contribution in [0.5, 0.6) is 11.5 Å². The number of hydrazine groups is 1. The molecule has 0 amide bonds. The summed E-state index contributed by atoms with van der Waals surface area (Å²) in [4.78, 5) is 0. The Hall–Kier alpha value is -4.40. The van der Waals surface area contributed by atoms with E-state index in [1.807, 2.05) is 128 Å². The van der Waals surface area contributed by atoms with Crippen LogP contribution in [0.2, 0.25) is 0 Å². The Balaban J connectivity index is 0. The van der Waals surface area contributed by atoms with Crippen LogP contribution in [0.1, 0.15) is 41.5 Å². The molecule has 8 heteroatoms. The highest BCUT2D eigenvalue weighted by atomic mass is 16.5.